The number of hydrogen-bond acceptors (Lipinski definition) is 9. The summed E-state index contributed by atoms with van der Waals surface area (Å²) < 4.78 is 18.0. The van der Waals surface area contributed by atoms with E-state index >= 15 is 0 Å². The second-order valence-corrected chi connectivity index (χ2v) is 17.7. The molecule has 0 aromatic rings. The Balaban J connectivity index is 1.30. The van der Waals surface area contributed by atoms with E-state index in [1.54, 1.807) is 0 Å². The van der Waals surface area contributed by atoms with Gasteiger partial charge in [0.15, 0.2) is 12.1 Å². The van der Waals surface area contributed by atoms with Gasteiger partial charge < -0.3 is 34.6 Å². The smallest absolute Gasteiger partial charge is 0.316 e. The third-order valence-corrected chi connectivity index (χ3v) is 15.2. The monoisotopic (exact) mass is 660 g/mol. The minimum Gasteiger partial charge on any atom is -0.465 e. The predicted octanol–water partition coefficient (Wildman–Crippen LogP) is 4.72. The van der Waals surface area contributed by atoms with Gasteiger partial charge in [-0.2, -0.15) is 0 Å². The van der Waals surface area contributed by atoms with Crippen molar-refractivity contribution < 1.29 is 44.2 Å². The van der Waals surface area contributed by atoms with Crippen LogP contribution in [0.3, 0.4) is 0 Å². The highest BCUT2D eigenvalue weighted by molar-refractivity contribution is 6.06. The number of rotatable bonds is 6. The quantitative estimate of drug-likeness (QED) is 0.235. The molecule has 9 heteroatoms. The fraction of sp³-hybridized carbons (Fsp3) is 0.895. The van der Waals surface area contributed by atoms with Crippen molar-refractivity contribution in [2.75, 3.05) is 13.2 Å². The first-order valence-corrected chi connectivity index (χ1v) is 18.4. The first-order valence-electron chi connectivity index (χ1n) is 18.4. The van der Waals surface area contributed by atoms with E-state index in [0.29, 0.717) is 24.9 Å². The molecule has 0 aromatic heterocycles. The molecule has 266 valence electrons. The highest BCUT2D eigenvalue weighted by Crippen LogP contribution is 2.76. The van der Waals surface area contributed by atoms with Crippen LogP contribution in [-0.4, -0.2) is 82.2 Å². The van der Waals surface area contributed by atoms with Gasteiger partial charge in [0.05, 0.1) is 24.7 Å². The molecule has 6 aliphatic rings. The molecule has 1 aliphatic heterocycles. The van der Waals surface area contributed by atoms with Crippen molar-refractivity contribution in [2.45, 2.75) is 150 Å². The summed E-state index contributed by atoms with van der Waals surface area (Å²) in [4.78, 5) is 27.4. The van der Waals surface area contributed by atoms with Crippen LogP contribution >= 0.6 is 0 Å². The maximum atomic E-state index is 13.7. The van der Waals surface area contributed by atoms with Crippen LogP contribution in [0.1, 0.15) is 113 Å². The molecular weight excluding hydrogens is 600 g/mol. The SMILES string of the molecule is CCOC(=O)C12CCC3(C)C(CCC4C5(C)CCC(OC6O[C@H](CO)[C@@H](O)[C@H](O)[C@H]6O)C(C)(C)C5CCC43C)C1=C(C(C)C)C(=O)C2. The maximum Gasteiger partial charge on any atom is 0.316 e. The average molecular weight is 661 g/mol. The lowest BCUT2D eigenvalue weighted by molar-refractivity contribution is -0.331. The summed E-state index contributed by atoms with van der Waals surface area (Å²) in [5.41, 5.74) is 0.926. The summed E-state index contributed by atoms with van der Waals surface area (Å²) in [7, 11) is 0. The van der Waals surface area contributed by atoms with E-state index in [9.17, 15) is 30.0 Å². The third-order valence-electron chi connectivity index (χ3n) is 15.2. The molecule has 4 saturated carbocycles. The van der Waals surface area contributed by atoms with Crippen LogP contribution < -0.4 is 0 Å². The van der Waals surface area contributed by atoms with Gasteiger partial charge in [0.1, 0.15) is 24.4 Å². The van der Waals surface area contributed by atoms with Crippen LogP contribution in [0.2, 0.25) is 0 Å². The van der Waals surface area contributed by atoms with E-state index in [1.807, 2.05) is 6.92 Å². The molecule has 0 radical (unpaired) electrons. The van der Waals surface area contributed by atoms with Gasteiger partial charge in [0.2, 0.25) is 0 Å². The summed E-state index contributed by atoms with van der Waals surface area (Å²) in [6, 6.07) is 0. The fourth-order valence-corrected chi connectivity index (χ4v) is 12.7. The molecule has 47 heavy (non-hydrogen) atoms. The molecule has 1 heterocycles. The molecule has 4 N–H and O–H groups in total. The minimum absolute atomic E-state index is 0.0176. The van der Waals surface area contributed by atoms with E-state index in [0.717, 1.165) is 56.1 Å². The molecule has 9 unspecified atom stereocenters. The predicted molar refractivity (Wildman–Crippen MR) is 175 cm³/mol. The minimum atomic E-state index is -1.46. The van der Waals surface area contributed by atoms with Crippen LogP contribution in [0.15, 0.2) is 11.1 Å². The lowest BCUT2D eigenvalue weighted by Crippen LogP contribution is -2.66. The lowest BCUT2D eigenvalue weighted by Gasteiger charge is -2.72. The zero-order valence-corrected chi connectivity index (χ0v) is 29.9. The Morgan fingerprint density at radius 1 is 0.894 bits per heavy atom. The van der Waals surface area contributed by atoms with Crippen molar-refractivity contribution in [3.05, 3.63) is 11.1 Å². The molecular formula is C38H60O9. The van der Waals surface area contributed by atoms with Gasteiger partial charge in [-0.25, -0.2) is 0 Å². The van der Waals surface area contributed by atoms with Crippen molar-refractivity contribution in [2.24, 2.45) is 50.7 Å². The number of aliphatic hydroxyl groups is 4. The van der Waals surface area contributed by atoms with E-state index in [4.69, 9.17) is 14.2 Å². The standard InChI is InChI=1S/C38H60O9/c1-9-45-33(44)38-17-16-36(7)21(28(38)27(20(2)3)22(40)18-38)10-11-25-35(6)14-13-26(34(4,5)24(35)12-15-37(25,36)8)47-32-31(43)30(42)29(41)23(19-39)46-32/h20-21,23-26,29-32,39,41-43H,9-19H2,1-8H3/t21?,23-,24?,25?,26?,29-,30+,31-,32?,35?,36?,37?,38?/m1/s1. The average Bonchev–Trinajstić information content (AvgIpc) is 3.32. The normalized spacial score (nSPS) is 49.2. The van der Waals surface area contributed by atoms with Crippen molar-refractivity contribution in [1.29, 1.82) is 0 Å². The van der Waals surface area contributed by atoms with E-state index in [1.165, 1.54) is 0 Å². The van der Waals surface area contributed by atoms with Gasteiger partial charge >= 0.3 is 5.97 Å². The van der Waals surface area contributed by atoms with E-state index in [2.05, 4.69) is 48.5 Å². The molecule has 6 rings (SSSR count). The number of aliphatic hydroxyl groups excluding tert-OH is 4. The van der Waals surface area contributed by atoms with Gasteiger partial charge in [-0.1, -0.05) is 48.5 Å². The summed E-state index contributed by atoms with van der Waals surface area (Å²) >= 11 is 0. The van der Waals surface area contributed by atoms with Crippen LogP contribution in [0.25, 0.3) is 0 Å². The lowest BCUT2D eigenvalue weighted by atomic mass is 9.33. The number of hydrogen-bond donors (Lipinski definition) is 4. The molecule has 0 bridgehead atoms. The number of carbonyl (C=O) groups excluding carboxylic acids is 2. The summed E-state index contributed by atoms with van der Waals surface area (Å²) in [6.45, 7) is 17.9. The molecule has 0 amide bonds. The number of carbonyl (C=O) groups is 2. The van der Waals surface area contributed by atoms with Crippen LogP contribution in [0.4, 0.5) is 0 Å². The van der Waals surface area contributed by atoms with Crippen LogP contribution in [0, 0.1) is 50.7 Å². The highest BCUT2D eigenvalue weighted by Gasteiger charge is 2.71. The molecule has 9 nitrogen and oxygen atoms in total. The third kappa shape index (κ3) is 4.83. The largest absolute Gasteiger partial charge is 0.465 e. The number of fused-ring (bicyclic) bond motifs is 7. The Hall–Kier alpha value is -1.36. The first kappa shape index (κ1) is 35.5. The highest BCUT2D eigenvalue weighted by atomic mass is 16.7. The molecule has 13 atom stereocenters. The maximum absolute atomic E-state index is 13.7. The zero-order valence-electron chi connectivity index (χ0n) is 29.9. The van der Waals surface area contributed by atoms with Crippen molar-refractivity contribution in [3.8, 4) is 0 Å². The number of ketones is 1. The second-order valence-electron chi connectivity index (χ2n) is 17.7. The van der Waals surface area contributed by atoms with Gasteiger partial charge in [0.25, 0.3) is 0 Å². The van der Waals surface area contributed by atoms with Crippen molar-refractivity contribution >= 4 is 11.8 Å². The number of ether oxygens (including phenoxy) is 3. The Morgan fingerprint density at radius 2 is 1.60 bits per heavy atom. The van der Waals surface area contributed by atoms with Crippen molar-refractivity contribution in [1.82, 2.24) is 0 Å². The van der Waals surface area contributed by atoms with Gasteiger partial charge in [-0.3, -0.25) is 9.59 Å². The Labute approximate surface area is 280 Å². The second kappa shape index (κ2) is 11.9. The molecule has 0 aromatic carbocycles. The van der Waals surface area contributed by atoms with E-state index in [-0.39, 0.29) is 57.8 Å². The Morgan fingerprint density at radius 3 is 2.23 bits per heavy atom. The fourth-order valence-electron chi connectivity index (χ4n) is 12.7. The van der Waals surface area contributed by atoms with Gasteiger partial charge in [-0.15, -0.1) is 0 Å². The Kier molecular flexibility index (Phi) is 8.95. The van der Waals surface area contributed by atoms with E-state index < -0.39 is 42.7 Å². The topological polar surface area (TPSA) is 143 Å². The molecule has 5 aliphatic carbocycles. The number of allylic oxidation sites excluding steroid dienone is 1. The number of esters is 1. The first-order chi connectivity index (χ1) is 21.9. The van der Waals surface area contributed by atoms with Crippen LogP contribution in [0.5, 0.6) is 0 Å². The van der Waals surface area contributed by atoms with Gasteiger partial charge in [0, 0.05) is 6.42 Å². The Bertz CT molecular complexity index is 1290. The zero-order chi connectivity index (χ0) is 34.5. The molecule has 0 spiro atoms. The molecule has 1 saturated heterocycles. The number of Topliss-reactive ketones (excluding diaryl/α,β-unsaturated/α-hetero) is 1. The summed E-state index contributed by atoms with van der Waals surface area (Å²) in [5, 5.41) is 41.2. The van der Waals surface area contributed by atoms with Gasteiger partial charge in [-0.05, 0) is 115 Å². The summed E-state index contributed by atoms with van der Waals surface area (Å²) in [6.07, 6.45) is 0.951. The summed E-state index contributed by atoms with van der Waals surface area (Å²) in [5.74, 6) is 0.966. The van der Waals surface area contributed by atoms with Crippen molar-refractivity contribution in [3.63, 3.8) is 0 Å². The molecule has 5 fully saturated rings. The van der Waals surface area contributed by atoms with Crippen LogP contribution in [-0.2, 0) is 23.8 Å².